The number of benzene rings is 2. The van der Waals surface area contributed by atoms with Crippen molar-refractivity contribution in [2.45, 2.75) is 18.4 Å². The van der Waals surface area contributed by atoms with Gasteiger partial charge in [-0.2, -0.15) is 5.26 Å². The average molecular weight is 428 g/mol. The molecule has 6 nitrogen and oxygen atoms in total. The minimum atomic E-state index is -3.61. The molecule has 0 aliphatic heterocycles. The van der Waals surface area contributed by atoms with E-state index in [1.165, 1.54) is 20.2 Å². The SMILES string of the molecule is Cc1c(-c2cccc(S(=O)(=O)N(C)C)c2)c2cc(C#N)ccc2n1CC(F)=CC[NH3+]. The van der Waals surface area contributed by atoms with Crippen LogP contribution in [0.25, 0.3) is 22.0 Å². The van der Waals surface area contributed by atoms with Gasteiger partial charge in [0.1, 0.15) is 5.83 Å². The predicted molar refractivity (Wildman–Crippen MR) is 115 cm³/mol. The summed E-state index contributed by atoms with van der Waals surface area (Å²) in [7, 11) is -0.643. The van der Waals surface area contributed by atoms with Gasteiger partial charge in [-0.25, -0.2) is 17.1 Å². The Morgan fingerprint density at radius 3 is 2.63 bits per heavy atom. The standard InChI is InChI=1S/C22H23FN4O2S/c1-15-22(17-5-4-6-19(12-17)30(28,29)26(2)3)20-11-16(13-25)7-8-21(20)27(15)14-18(23)9-10-24/h4-9,11-12H,10,14,24H2,1-3H3/p+1. The normalized spacial score (nSPS) is 12.5. The lowest BCUT2D eigenvalue weighted by Crippen LogP contribution is -2.49. The van der Waals surface area contributed by atoms with Crippen LogP contribution in [-0.4, -0.2) is 37.9 Å². The van der Waals surface area contributed by atoms with Crippen molar-refractivity contribution in [1.82, 2.24) is 8.87 Å². The predicted octanol–water partition coefficient (Wildman–Crippen LogP) is 2.83. The Hall–Kier alpha value is -2.99. The fourth-order valence-electron chi connectivity index (χ4n) is 3.51. The number of quaternary nitrogens is 1. The summed E-state index contributed by atoms with van der Waals surface area (Å²) < 4.78 is 42.5. The minimum absolute atomic E-state index is 0.0411. The lowest BCUT2D eigenvalue weighted by atomic mass is 10.0. The number of nitriles is 1. The second-order valence-corrected chi connectivity index (χ2v) is 9.30. The van der Waals surface area contributed by atoms with Gasteiger partial charge in [-0.05, 0) is 42.8 Å². The Bertz CT molecular complexity index is 1280. The quantitative estimate of drug-likeness (QED) is 0.655. The van der Waals surface area contributed by atoms with E-state index < -0.39 is 10.0 Å². The van der Waals surface area contributed by atoms with Crippen LogP contribution < -0.4 is 5.73 Å². The van der Waals surface area contributed by atoms with Crippen LogP contribution >= 0.6 is 0 Å². The maximum Gasteiger partial charge on any atom is 0.242 e. The van der Waals surface area contributed by atoms with Gasteiger partial charge in [0, 0.05) is 42.3 Å². The zero-order chi connectivity index (χ0) is 22.1. The van der Waals surface area contributed by atoms with Gasteiger partial charge in [-0.15, -0.1) is 0 Å². The Morgan fingerprint density at radius 2 is 2.00 bits per heavy atom. The van der Waals surface area contributed by atoms with Crippen LogP contribution in [0.15, 0.2) is 59.3 Å². The number of fused-ring (bicyclic) bond motifs is 1. The summed E-state index contributed by atoms with van der Waals surface area (Å²) >= 11 is 0. The first-order chi connectivity index (χ1) is 14.2. The topological polar surface area (TPSA) is 93.7 Å². The zero-order valence-corrected chi connectivity index (χ0v) is 18.0. The van der Waals surface area contributed by atoms with Crippen molar-refractivity contribution in [3.63, 3.8) is 0 Å². The summed E-state index contributed by atoms with van der Waals surface area (Å²) in [6.45, 7) is 2.26. The van der Waals surface area contributed by atoms with Crippen molar-refractivity contribution in [3.8, 4) is 17.2 Å². The summed E-state index contributed by atoms with van der Waals surface area (Å²) in [4.78, 5) is 0.171. The highest BCUT2D eigenvalue weighted by atomic mass is 32.2. The van der Waals surface area contributed by atoms with E-state index in [1.54, 1.807) is 36.4 Å². The van der Waals surface area contributed by atoms with E-state index in [-0.39, 0.29) is 17.3 Å². The molecule has 0 fully saturated rings. The molecule has 156 valence electrons. The Balaban J connectivity index is 2.30. The number of aromatic nitrogens is 1. The van der Waals surface area contributed by atoms with E-state index >= 15 is 0 Å². The molecule has 3 N–H and O–H groups in total. The van der Waals surface area contributed by atoms with Gasteiger partial charge in [0.05, 0.1) is 29.6 Å². The molecule has 0 bridgehead atoms. The van der Waals surface area contributed by atoms with E-state index in [2.05, 4.69) is 11.8 Å². The number of allylic oxidation sites excluding steroid dienone is 1. The number of nitrogens with zero attached hydrogens (tertiary/aromatic N) is 3. The van der Waals surface area contributed by atoms with Crippen molar-refractivity contribution in [3.05, 3.63) is 65.6 Å². The summed E-state index contributed by atoms with van der Waals surface area (Å²) in [6, 6.07) is 14.0. The molecule has 0 radical (unpaired) electrons. The summed E-state index contributed by atoms with van der Waals surface area (Å²) in [6.07, 6.45) is 1.43. The van der Waals surface area contributed by atoms with E-state index in [4.69, 9.17) is 0 Å². The highest BCUT2D eigenvalue weighted by Crippen LogP contribution is 2.36. The van der Waals surface area contributed by atoms with Gasteiger partial charge >= 0.3 is 0 Å². The lowest BCUT2D eigenvalue weighted by Gasteiger charge is -2.13. The number of hydrogen-bond donors (Lipinski definition) is 1. The summed E-state index contributed by atoms with van der Waals surface area (Å²) in [5, 5.41) is 10.1. The Kier molecular flexibility index (Phi) is 6.08. The molecule has 8 heteroatoms. The monoisotopic (exact) mass is 427 g/mol. The van der Waals surface area contributed by atoms with Gasteiger partial charge in [0.15, 0.2) is 0 Å². The summed E-state index contributed by atoms with van der Waals surface area (Å²) in [5.74, 6) is -0.301. The van der Waals surface area contributed by atoms with Gasteiger partial charge in [0.25, 0.3) is 0 Å². The van der Waals surface area contributed by atoms with E-state index in [1.807, 2.05) is 17.6 Å². The fourth-order valence-corrected chi connectivity index (χ4v) is 4.46. The van der Waals surface area contributed by atoms with Gasteiger partial charge < -0.3 is 10.3 Å². The molecule has 0 spiro atoms. The molecule has 0 aliphatic rings. The van der Waals surface area contributed by atoms with Gasteiger partial charge in [0.2, 0.25) is 10.0 Å². The maximum absolute atomic E-state index is 14.3. The molecule has 0 saturated heterocycles. The summed E-state index contributed by atoms with van der Waals surface area (Å²) in [5.41, 5.74) is 7.16. The second-order valence-electron chi connectivity index (χ2n) is 7.15. The first kappa shape index (κ1) is 21.7. The molecule has 2 aromatic carbocycles. The minimum Gasteiger partial charge on any atom is -0.354 e. The smallest absolute Gasteiger partial charge is 0.242 e. The van der Waals surface area contributed by atoms with Crippen LogP contribution in [0.4, 0.5) is 4.39 Å². The van der Waals surface area contributed by atoms with E-state index in [0.29, 0.717) is 17.7 Å². The molecular formula is C22H24FN4O2S+. The van der Waals surface area contributed by atoms with Crippen molar-refractivity contribution in [2.75, 3.05) is 20.6 Å². The lowest BCUT2D eigenvalue weighted by molar-refractivity contribution is -0.353. The third-order valence-electron chi connectivity index (χ3n) is 5.03. The molecular weight excluding hydrogens is 403 g/mol. The van der Waals surface area contributed by atoms with E-state index in [9.17, 15) is 18.1 Å². The van der Waals surface area contributed by atoms with Crippen LogP contribution in [0.3, 0.4) is 0 Å². The first-order valence-electron chi connectivity index (χ1n) is 9.40. The molecule has 0 atom stereocenters. The first-order valence-corrected chi connectivity index (χ1v) is 10.8. The van der Waals surface area contributed by atoms with Gasteiger partial charge in [-0.3, -0.25) is 0 Å². The molecule has 0 aliphatic carbocycles. The maximum atomic E-state index is 14.3. The van der Waals surface area contributed by atoms with Crippen LogP contribution in [0.2, 0.25) is 0 Å². The Labute approximate surface area is 175 Å². The van der Waals surface area contributed by atoms with Crippen molar-refractivity contribution in [2.24, 2.45) is 0 Å². The number of hydrogen-bond acceptors (Lipinski definition) is 3. The van der Waals surface area contributed by atoms with Crippen molar-refractivity contribution >= 4 is 20.9 Å². The third kappa shape index (κ3) is 3.87. The zero-order valence-electron chi connectivity index (χ0n) is 17.2. The molecule has 0 amide bonds. The van der Waals surface area contributed by atoms with Gasteiger partial charge in [-0.1, -0.05) is 12.1 Å². The number of halogens is 1. The number of rotatable bonds is 6. The molecule has 3 rings (SSSR count). The molecule has 1 aromatic heterocycles. The average Bonchev–Trinajstić information content (AvgIpc) is 2.98. The molecule has 3 aromatic rings. The van der Waals surface area contributed by atoms with Crippen LogP contribution in [0.1, 0.15) is 11.3 Å². The van der Waals surface area contributed by atoms with Crippen LogP contribution in [0.5, 0.6) is 0 Å². The molecule has 30 heavy (non-hydrogen) atoms. The van der Waals surface area contributed by atoms with E-state index in [0.717, 1.165) is 26.5 Å². The van der Waals surface area contributed by atoms with Crippen LogP contribution in [0, 0.1) is 18.3 Å². The highest BCUT2D eigenvalue weighted by molar-refractivity contribution is 7.89. The highest BCUT2D eigenvalue weighted by Gasteiger charge is 2.21. The molecule has 1 heterocycles. The second kappa shape index (κ2) is 8.40. The number of sulfonamides is 1. The largest absolute Gasteiger partial charge is 0.354 e. The van der Waals surface area contributed by atoms with Crippen molar-refractivity contribution in [1.29, 1.82) is 5.26 Å². The van der Waals surface area contributed by atoms with Crippen LogP contribution in [-0.2, 0) is 16.6 Å². The Morgan fingerprint density at radius 1 is 1.27 bits per heavy atom. The fraction of sp³-hybridized carbons (Fsp3) is 0.227. The molecule has 0 saturated carbocycles. The van der Waals surface area contributed by atoms with Crippen molar-refractivity contribution < 1.29 is 18.5 Å². The molecule has 0 unspecified atom stereocenters. The third-order valence-corrected chi connectivity index (χ3v) is 6.84.